The van der Waals surface area contributed by atoms with E-state index in [0.29, 0.717) is 18.5 Å². The highest BCUT2D eigenvalue weighted by Gasteiger charge is 2.16. The topological polar surface area (TPSA) is 41.1 Å². The van der Waals surface area contributed by atoms with Gasteiger partial charge in [0, 0.05) is 11.4 Å². The van der Waals surface area contributed by atoms with Gasteiger partial charge in [-0.3, -0.25) is 10.1 Å². The van der Waals surface area contributed by atoms with Crippen molar-refractivity contribution in [3.63, 3.8) is 0 Å². The SMILES string of the molecule is CCc1ccc([C@@H](NCC(=O)NCCc2ccccc2F)c2cccs2)cc1. The van der Waals surface area contributed by atoms with Crippen LogP contribution in [0.4, 0.5) is 4.39 Å². The summed E-state index contributed by atoms with van der Waals surface area (Å²) >= 11 is 1.67. The molecule has 1 atom stereocenters. The van der Waals surface area contributed by atoms with Crippen LogP contribution in [-0.4, -0.2) is 19.0 Å². The normalized spacial score (nSPS) is 11.9. The van der Waals surface area contributed by atoms with Gasteiger partial charge in [0.05, 0.1) is 12.6 Å². The molecule has 2 aromatic carbocycles. The van der Waals surface area contributed by atoms with Gasteiger partial charge < -0.3 is 5.32 Å². The molecule has 0 aliphatic carbocycles. The maximum Gasteiger partial charge on any atom is 0.233 e. The number of hydrogen-bond acceptors (Lipinski definition) is 3. The summed E-state index contributed by atoms with van der Waals surface area (Å²) in [5.74, 6) is -0.328. The third-order valence-corrected chi connectivity index (χ3v) is 5.63. The molecule has 1 heterocycles. The first kappa shape index (κ1) is 20.2. The van der Waals surface area contributed by atoms with Crippen LogP contribution in [0.2, 0.25) is 0 Å². The molecule has 1 aromatic heterocycles. The molecular weight excluding hydrogens is 371 g/mol. The number of carbonyl (C=O) groups excluding carboxylic acids is 1. The lowest BCUT2D eigenvalue weighted by atomic mass is 10.0. The van der Waals surface area contributed by atoms with E-state index in [9.17, 15) is 9.18 Å². The average molecular weight is 397 g/mol. The zero-order valence-corrected chi connectivity index (χ0v) is 16.8. The van der Waals surface area contributed by atoms with Crippen LogP contribution >= 0.6 is 11.3 Å². The van der Waals surface area contributed by atoms with Crippen molar-refractivity contribution < 1.29 is 9.18 Å². The van der Waals surface area contributed by atoms with Crippen LogP contribution in [0.25, 0.3) is 0 Å². The maximum absolute atomic E-state index is 13.6. The Morgan fingerprint density at radius 2 is 1.86 bits per heavy atom. The van der Waals surface area contributed by atoms with Crippen molar-refractivity contribution in [1.82, 2.24) is 10.6 Å². The van der Waals surface area contributed by atoms with Crippen LogP contribution in [0.5, 0.6) is 0 Å². The van der Waals surface area contributed by atoms with Crippen LogP contribution < -0.4 is 10.6 Å². The molecule has 0 saturated heterocycles. The van der Waals surface area contributed by atoms with Crippen molar-refractivity contribution in [3.05, 3.63) is 93.4 Å². The van der Waals surface area contributed by atoms with Gasteiger partial charge in [-0.05, 0) is 47.0 Å². The molecule has 28 heavy (non-hydrogen) atoms. The summed E-state index contributed by atoms with van der Waals surface area (Å²) in [4.78, 5) is 13.4. The highest BCUT2D eigenvalue weighted by molar-refractivity contribution is 7.10. The van der Waals surface area contributed by atoms with E-state index in [0.717, 1.165) is 12.0 Å². The number of amides is 1. The Morgan fingerprint density at radius 1 is 1.07 bits per heavy atom. The fourth-order valence-electron chi connectivity index (χ4n) is 3.08. The lowest BCUT2D eigenvalue weighted by Gasteiger charge is -2.18. The predicted octanol–water partition coefficient (Wildman–Crippen LogP) is 4.49. The molecule has 2 N–H and O–H groups in total. The van der Waals surface area contributed by atoms with Gasteiger partial charge >= 0.3 is 0 Å². The summed E-state index contributed by atoms with van der Waals surface area (Å²) in [7, 11) is 0. The highest BCUT2D eigenvalue weighted by Crippen LogP contribution is 2.26. The molecule has 3 aromatic rings. The zero-order chi connectivity index (χ0) is 19.8. The molecule has 5 heteroatoms. The standard InChI is InChI=1S/C23H25FN2OS/c1-2-17-9-11-19(12-10-17)23(21-8-5-15-28-21)26-16-22(27)25-14-13-18-6-3-4-7-20(18)24/h3-12,15,23,26H,2,13-14,16H2,1H3,(H,25,27)/t23-/m1/s1. The van der Waals surface area contributed by atoms with Crippen LogP contribution in [0.3, 0.4) is 0 Å². The number of halogens is 1. The minimum atomic E-state index is -0.233. The van der Waals surface area contributed by atoms with E-state index < -0.39 is 0 Å². The number of hydrogen-bond donors (Lipinski definition) is 2. The van der Waals surface area contributed by atoms with E-state index in [4.69, 9.17) is 0 Å². The quantitative estimate of drug-likeness (QED) is 0.560. The van der Waals surface area contributed by atoms with Gasteiger partial charge in [0.15, 0.2) is 0 Å². The molecule has 0 fully saturated rings. The summed E-state index contributed by atoms with van der Waals surface area (Å²) in [6, 6.07) is 19.2. The average Bonchev–Trinajstić information content (AvgIpc) is 3.24. The zero-order valence-electron chi connectivity index (χ0n) is 16.0. The Balaban J connectivity index is 1.55. The van der Waals surface area contributed by atoms with Crippen LogP contribution in [0.15, 0.2) is 66.0 Å². The second-order valence-corrected chi connectivity index (χ2v) is 7.60. The Hall–Kier alpha value is -2.50. The Labute approximate surface area is 169 Å². The van der Waals surface area contributed by atoms with E-state index in [-0.39, 0.29) is 24.3 Å². The van der Waals surface area contributed by atoms with Crippen molar-refractivity contribution in [2.24, 2.45) is 0 Å². The Morgan fingerprint density at radius 3 is 2.54 bits per heavy atom. The minimum absolute atomic E-state index is 0.0248. The Bertz CT molecular complexity index is 878. The lowest BCUT2D eigenvalue weighted by Crippen LogP contribution is -2.36. The number of nitrogens with one attached hydrogen (secondary N) is 2. The van der Waals surface area contributed by atoms with Gasteiger partial charge in [-0.15, -0.1) is 11.3 Å². The predicted molar refractivity (Wildman–Crippen MR) is 113 cm³/mol. The van der Waals surface area contributed by atoms with Gasteiger partial charge in [0.1, 0.15) is 5.82 Å². The van der Waals surface area contributed by atoms with Gasteiger partial charge in [-0.2, -0.15) is 0 Å². The number of rotatable bonds is 9. The van der Waals surface area contributed by atoms with E-state index >= 15 is 0 Å². The molecule has 146 valence electrons. The van der Waals surface area contributed by atoms with Crippen molar-refractivity contribution in [1.29, 1.82) is 0 Å². The molecule has 0 saturated carbocycles. The molecular formula is C23H25FN2OS. The number of benzene rings is 2. The smallest absolute Gasteiger partial charge is 0.233 e. The summed E-state index contributed by atoms with van der Waals surface area (Å²) in [6.45, 7) is 2.75. The van der Waals surface area contributed by atoms with E-state index in [2.05, 4.69) is 47.9 Å². The largest absolute Gasteiger partial charge is 0.355 e. The Kier molecular flexibility index (Phi) is 7.34. The van der Waals surface area contributed by atoms with Crippen LogP contribution in [0, 0.1) is 5.82 Å². The van der Waals surface area contributed by atoms with Crippen molar-refractivity contribution in [2.75, 3.05) is 13.1 Å². The van der Waals surface area contributed by atoms with Crippen LogP contribution in [0.1, 0.15) is 34.5 Å². The second kappa shape index (κ2) is 10.2. The van der Waals surface area contributed by atoms with E-state index in [1.165, 1.54) is 16.5 Å². The van der Waals surface area contributed by atoms with Crippen molar-refractivity contribution in [2.45, 2.75) is 25.8 Å². The summed E-state index contributed by atoms with van der Waals surface area (Å²) in [5, 5.41) is 8.26. The second-order valence-electron chi connectivity index (χ2n) is 6.62. The molecule has 0 bridgehead atoms. The summed E-state index contributed by atoms with van der Waals surface area (Å²) in [6.07, 6.45) is 1.48. The number of thiophene rings is 1. The molecule has 3 rings (SSSR count). The van der Waals surface area contributed by atoms with Crippen molar-refractivity contribution >= 4 is 17.2 Å². The number of carbonyl (C=O) groups is 1. The van der Waals surface area contributed by atoms with Crippen molar-refractivity contribution in [3.8, 4) is 0 Å². The molecule has 0 radical (unpaired) electrons. The monoisotopic (exact) mass is 396 g/mol. The molecule has 0 aliphatic heterocycles. The lowest BCUT2D eigenvalue weighted by molar-refractivity contribution is -0.120. The third kappa shape index (κ3) is 5.50. The van der Waals surface area contributed by atoms with Gasteiger partial charge in [0.25, 0.3) is 0 Å². The molecule has 0 unspecified atom stereocenters. The first-order valence-corrected chi connectivity index (χ1v) is 10.4. The third-order valence-electron chi connectivity index (χ3n) is 4.69. The first-order valence-electron chi connectivity index (χ1n) is 9.53. The molecule has 1 amide bonds. The fourth-order valence-corrected chi connectivity index (χ4v) is 3.91. The summed E-state index contributed by atoms with van der Waals surface area (Å²) in [5.41, 5.74) is 3.04. The molecule has 0 aliphatic rings. The maximum atomic E-state index is 13.6. The van der Waals surface area contributed by atoms with Gasteiger partial charge in [-0.1, -0.05) is 55.5 Å². The fraction of sp³-hybridized carbons (Fsp3) is 0.261. The molecule has 0 spiro atoms. The van der Waals surface area contributed by atoms with Crippen LogP contribution in [-0.2, 0) is 17.6 Å². The minimum Gasteiger partial charge on any atom is -0.355 e. The van der Waals surface area contributed by atoms with Gasteiger partial charge in [-0.25, -0.2) is 4.39 Å². The van der Waals surface area contributed by atoms with Gasteiger partial charge in [0.2, 0.25) is 5.91 Å². The van der Waals surface area contributed by atoms with E-state index in [1.54, 1.807) is 29.5 Å². The molecule has 3 nitrogen and oxygen atoms in total. The number of aryl methyl sites for hydroxylation is 1. The van der Waals surface area contributed by atoms with E-state index in [1.807, 2.05) is 11.4 Å². The first-order chi connectivity index (χ1) is 13.7. The highest BCUT2D eigenvalue weighted by atomic mass is 32.1. The summed E-state index contributed by atoms with van der Waals surface area (Å²) < 4.78 is 13.6.